The van der Waals surface area contributed by atoms with E-state index in [4.69, 9.17) is 13.3 Å². The van der Waals surface area contributed by atoms with Crippen molar-refractivity contribution in [2.24, 2.45) is 0 Å². The first-order valence-electron chi connectivity index (χ1n) is 7.40. The first kappa shape index (κ1) is 16.1. The molecule has 1 aliphatic heterocycles. The summed E-state index contributed by atoms with van der Waals surface area (Å²) in [5.74, 6) is 0. The van der Waals surface area contributed by atoms with Crippen LogP contribution in [0.2, 0.25) is 0 Å². The molecule has 5 heteroatoms. The third-order valence-corrected chi connectivity index (χ3v) is 6.23. The van der Waals surface area contributed by atoms with Gasteiger partial charge in [-0.15, -0.1) is 0 Å². The molecule has 1 fully saturated rings. The van der Waals surface area contributed by atoms with Gasteiger partial charge in [0.1, 0.15) is 0 Å². The van der Waals surface area contributed by atoms with Crippen molar-refractivity contribution < 1.29 is 13.3 Å². The van der Waals surface area contributed by atoms with Gasteiger partial charge in [-0.2, -0.15) is 0 Å². The predicted molar refractivity (Wildman–Crippen MR) is 75.5 cm³/mol. The number of hydrogen-bond acceptors (Lipinski definition) is 4. The van der Waals surface area contributed by atoms with Crippen LogP contribution in [0.4, 0.5) is 0 Å². The van der Waals surface area contributed by atoms with Gasteiger partial charge in [-0.1, -0.05) is 12.8 Å². The van der Waals surface area contributed by atoms with Crippen LogP contribution in [-0.2, 0) is 13.3 Å². The second-order valence-electron chi connectivity index (χ2n) is 4.67. The molecular weight excluding hydrogens is 246 g/mol. The fraction of sp³-hybridized carbons (Fsp3) is 1.00. The Kier molecular flexibility index (Phi) is 8.09. The highest BCUT2D eigenvalue weighted by Gasteiger charge is 2.42. The van der Waals surface area contributed by atoms with Crippen LogP contribution in [0.25, 0.3) is 0 Å². The Bertz CT molecular complexity index is 191. The van der Waals surface area contributed by atoms with Crippen LogP contribution >= 0.6 is 0 Å². The lowest BCUT2D eigenvalue weighted by Gasteiger charge is -2.33. The van der Waals surface area contributed by atoms with E-state index in [1.807, 2.05) is 20.8 Å². The molecule has 18 heavy (non-hydrogen) atoms. The SMILES string of the molecule is CCO[Si](CN1CCCCCC1)(OCC)OCC. The van der Waals surface area contributed by atoms with E-state index < -0.39 is 8.80 Å². The Balaban J connectivity index is 2.61. The van der Waals surface area contributed by atoms with Gasteiger partial charge in [-0.3, -0.25) is 4.90 Å². The maximum absolute atomic E-state index is 5.91. The Morgan fingerprint density at radius 1 is 0.778 bits per heavy atom. The van der Waals surface area contributed by atoms with Gasteiger partial charge < -0.3 is 13.3 Å². The molecule has 1 heterocycles. The highest BCUT2D eigenvalue weighted by atomic mass is 28.4. The fourth-order valence-electron chi connectivity index (χ4n) is 2.49. The first-order valence-corrected chi connectivity index (χ1v) is 9.33. The van der Waals surface area contributed by atoms with E-state index in [1.165, 1.54) is 25.7 Å². The topological polar surface area (TPSA) is 30.9 Å². The van der Waals surface area contributed by atoms with Gasteiger partial charge in [0.2, 0.25) is 0 Å². The highest BCUT2D eigenvalue weighted by molar-refractivity contribution is 6.60. The second kappa shape index (κ2) is 9.04. The average molecular weight is 275 g/mol. The zero-order valence-electron chi connectivity index (χ0n) is 12.2. The standard InChI is InChI=1S/C13H29NO3Si/c1-4-15-18(16-5-2,17-6-3)13-14-11-9-7-8-10-12-14/h4-13H2,1-3H3. The van der Waals surface area contributed by atoms with Gasteiger partial charge in [0, 0.05) is 19.8 Å². The Morgan fingerprint density at radius 3 is 1.61 bits per heavy atom. The molecule has 0 amide bonds. The summed E-state index contributed by atoms with van der Waals surface area (Å²) < 4.78 is 17.7. The van der Waals surface area contributed by atoms with E-state index in [0.717, 1.165) is 19.3 Å². The molecule has 0 aromatic rings. The van der Waals surface area contributed by atoms with Crippen LogP contribution in [0, 0.1) is 0 Å². The summed E-state index contributed by atoms with van der Waals surface area (Å²) in [6.07, 6.45) is 6.12. The third kappa shape index (κ3) is 5.36. The molecule has 0 N–H and O–H groups in total. The molecule has 0 spiro atoms. The fourth-order valence-corrected chi connectivity index (χ4v) is 5.20. The monoisotopic (exact) mass is 275 g/mol. The molecule has 0 aromatic carbocycles. The van der Waals surface area contributed by atoms with Gasteiger partial charge >= 0.3 is 8.80 Å². The van der Waals surface area contributed by atoms with E-state index in [-0.39, 0.29) is 0 Å². The van der Waals surface area contributed by atoms with Crippen molar-refractivity contribution in [2.75, 3.05) is 39.1 Å². The predicted octanol–water partition coefficient (Wildman–Crippen LogP) is 2.45. The minimum absolute atomic E-state index is 0.667. The molecule has 108 valence electrons. The normalized spacial score (nSPS) is 18.8. The van der Waals surface area contributed by atoms with Gasteiger partial charge in [0.25, 0.3) is 0 Å². The lowest BCUT2D eigenvalue weighted by Crippen LogP contribution is -2.55. The molecule has 0 unspecified atom stereocenters. The van der Waals surface area contributed by atoms with Crippen molar-refractivity contribution in [2.45, 2.75) is 46.5 Å². The van der Waals surface area contributed by atoms with Crippen LogP contribution in [0.3, 0.4) is 0 Å². The van der Waals surface area contributed by atoms with Gasteiger partial charge in [-0.25, -0.2) is 0 Å². The van der Waals surface area contributed by atoms with E-state index in [2.05, 4.69) is 4.90 Å². The second-order valence-corrected chi connectivity index (χ2v) is 7.22. The van der Waals surface area contributed by atoms with E-state index in [0.29, 0.717) is 19.8 Å². The van der Waals surface area contributed by atoms with Crippen LogP contribution in [0.1, 0.15) is 46.5 Å². The first-order chi connectivity index (χ1) is 8.76. The van der Waals surface area contributed by atoms with Gasteiger partial charge in [0.15, 0.2) is 0 Å². The molecule has 0 aliphatic carbocycles. The lowest BCUT2D eigenvalue weighted by atomic mass is 10.2. The van der Waals surface area contributed by atoms with Crippen molar-refractivity contribution in [1.82, 2.24) is 4.90 Å². The van der Waals surface area contributed by atoms with Crippen molar-refractivity contribution in [3.8, 4) is 0 Å². The highest BCUT2D eigenvalue weighted by Crippen LogP contribution is 2.16. The molecule has 0 aromatic heterocycles. The summed E-state index contributed by atoms with van der Waals surface area (Å²) in [6.45, 7) is 10.4. The summed E-state index contributed by atoms with van der Waals surface area (Å²) in [5, 5.41) is 0. The van der Waals surface area contributed by atoms with Crippen molar-refractivity contribution in [1.29, 1.82) is 0 Å². The van der Waals surface area contributed by atoms with Crippen LogP contribution in [-0.4, -0.2) is 52.8 Å². The van der Waals surface area contributed by atoms with Crippen molar-refractivity contribution in [3.05, 3.63) is 0 Å². The number of nitrogens with zero attached hydrogens (tertiary/aromatic N) is 1. The number of likely N-dealkylation sites (tertiary alicyclic amines) is 1. The Labute approximate surface area is 113 Å². The van der Waals surface area contributed by atoms with E-state index in [9.17, 15) is 0 Å². The minimum atomic E-state index is -2.48. The van der Waals surface area contributed by atoms with Crippen LogP contribution < -0.4 is 0 Å². The maximum atomic E-state index is 5.91. The summed E-state index contributed by atoms with van der Waals surface area (Å²) in [6, 6.07) is 0. The molecule has 0 bridgehead atoms. The molecule has 0 atom stereocenters. The summed E-state index contributed by atoms with van der Waals surface area (Å²) in [5.41, 5.74) is 0. The summed E-state index contributed by atoms with van der Waals surface area (Å²) in [7, 11) is -2.48. The minimum Gasteiger partial charge on any atom is -0.373 e. The Hall–Kier alpha value is 0.0569. The maximum Gasteiger partial charge on any atom is 0.515 e. The smallest absolute Gasteiger partial charge is 0.373 e. The number of rotatable bonds is 8. The molecule has 4 nitrogen and oxygen atoms in total. The summed E-state index contributed by atoms with van der Waals surface area (Å²) in [4.78, 5) is 2.47. The van der Waals surface area contributed by atoms with Crippen molar-refractivity contribution in [3.63, 3.8) is 0 Å². The molecule has 1 aliphatic rings. The quantitative estimate of drug-likeness (QED) is 0.637. The van der Waals surface area contributed by atoms with E-state index in [1.54, 1.807) is 0 Å². The molecule has 1 rings (SSSR count). The number of hydrogen-bond donors (Lipinski definition) is 0. The van der Waals surface area contributed by atoms with Crippen molar-refractivity contribution >= 4 is 8.80 Å². The van der Waals surface area contributed by atoms with Gasteiger partial charge in [0.05, 0.1) is 6.17 Å². The lowest BCUT2D eigenvalue weighted by molar-refractivity contribution is 0.0570. The largest absolute Gasteiger partial charge is 0.515 e. The molecular formula is C13H29NO3Si. The average Bonchev–Trinajstić information content (AvgIpc) is 2.58. The van der Waals surface area contributed by atoms with Gasteiger partial charge in [-0.05, 0) is 46.7 Å². The zero-order valence-corrected chi connectivity index (χ0v) is 13.2. The van der Waals surface area contributed by atoms with Crippen LogP contribution in [0.5, 0.6) is 0 Å². The zero-order chi connectivity index (χ0) is 13.3. The van der Waals surface area contributed by atoms with Crippen LogP contribution in [0.15, 0.2) is 0 Å². The Morgan fingerprint density at radius 2 is 1.22 bits per heavy atom. The third-order valence-electron chi connectivity index (χ3n) is 3.21. The summed E-state index contributed by atoms with van der Waals surface area (Å²) >= 11 is 0. The molecule has 0 radical (unpaired) electrons. The molecule has 1 saturated heterocycles. The molecule has 0 saturated carbocycles. The van der Waals surface area contributed by atoms with E-state index >= 15 is 0 Å².